The number of hydrogen-bond acceptors (Lipinski definition) is 4. The van der Waals surface area contributed by atoms with Crippen molar-refractivity contribution in [3.05, 3.63) is 95.7 Å². The van der Waals surface area contributed by atoms with Crippen LogP contribution in [0.25, 0.3) is 11.0 Å². The van der Waals surface area contributed by atoms with Crippen LogP contribution in [-0.4, -0.2) is 29.7 Å². The zero-order valence-electron chi connectivity index (χ0n) is 19.0. The van der Waals surface area contributed by atoms with E-state index in [0.717, 1.165) is 16.5 Å². The van der Waals surface area contributed by atoms with E-state index in [-0.39, 0.29) is 29.9 Å². The molecule has 0 aliphatic heterocycles. The molecule has 0 spiro atoms. The Hall–Kier alpha value is -4.39. The average Bonchev–Trinajstić information content (AvgIpc) is 3.26. The van der Waals surface area contributed by atoms with Gasteiger partial charge in [0.25, 0.3) is 5.91 Å². The molecule has 0 aliphatic carbocycles. The summed E-state index contributed by atoms with van der Waals surface area (Å²) >= 11 is 0. The number of furan rings is 1. The fourth-order valence-electron chi connectivity index (χ4n) is 3.52. The van der Waals surface area contributed by atoms with Gasteiger partial charge >= 0.3 is 0 Å². The maximum Gasteiger partial charge on any atom is 0.291 e. The number of amides is 3. The van der Waals surface area contributed by atoms with Gasteiger partial charge in [-0.25, -0.2) is 0 Å². The van der Waals surface area contributed by atoms with Crippen molar-refractivity contribution in [3.63, 3.8) is 0 Å². The normalized spacial score (nSPS) is 10.6. The van der Waals surface area contributed by atoms with Gasteiger partial charge in [0, 0.05) is 37.3 Å². The van der Waals surface area contributed by atoms with Crippen molar-refractivity contribution in [1.82, 2.24) is 4.90 Å². The van der Waals surface area contributed by atoms with Crippen molar-refractivity contribution in [1.29, 1.82) is 0 Å². The lowest BCUT2D eigenvalue weighted by Gasteiger charge is -2.18. The fraction of sp³-hybridized carbons (Fsp3) is 0.148. The number of hydrogen-bond donors (Lipinski definition) is 2. The van der Waals surface area contributed by atoms with E-state index in [0.29, 0.717) is 23.5 Å². The third-order valence-electron chi connectivity index (χ3n) is 5.46. The third kappa shape index (κ3) is 5.50. The van der Waals surface area contributed by atoms with E-state index in [4.69, 9.17) is 4.42 Å². The second kappa shape index (κ2) is 10.0. The lowest BCUT2D eigenvalue weighted by molar-refractivity contribution is -0.128. The second-order valence-corrected chi connectivity index (χ2v) is 8.06. The van der Waals surface area contributed by atoms with E-state index in [1.54, 1.807) is 42.3 Å². The number of carbonyl (C=O) groups excluding carboxylic acids is 3. The van der Waals surface area contributed by atoms with Gasteiger partial charge in [0.1, 0.15) is 5.58 Å². The molecule has 4 rings (SSSR count). The van der Waals surface area contributed by atoms with Gasteiger partial charge in [0.15, 0.2) is 5.76 Å². The van der Waals surface area contributed by atoms with E-state index >= 15 is 0 Å². The minimum absolute atomic E-state index is 0.0476. The summed E-state index contributed by atoms with van der Waals surface area (Å²) in [5.41, 5.74) is 3.60. The molecule has 1 heterocycles. The zero-order chi connectivity index (χ0) is 24.1. The Morgan fingerprint density at radius 3 is 2.32 bits per heavy atom. The Morgan fingerprint density at radius 2 is 1.59 bits per heavy atom. The lowest BCUT2D eigenvalue weighted by Crippen LogP contribution is -2.24. The molecule has 172 valence electrons. The number of para-hydroxylation sites is 2. The van der Waals surface area contributed by atoms with Crippen molar-refractivity contribution in [2.75, 3.05) is 17.7 Å². The van der Waals surface area contributed by atoms with Crippen molar-refractivity contribution in [2.24, 2.45) is 0 Å². The molecule has 0 radical (unpaired) electrons. The van der Waals surface area contributed by atoms with Gasteiger partial charge in [-0.05, 0) is 41.5 Å². The Kier molecular flexibility index (Phi) is 6.73. The number of benzene rings is 3. The van der Waals surface area contributed by atoms with E-state index < -0.39 is 0 Å². The Morgan fingerprint density at radius 1 is 0.882 bits per heavy atom. The molecule has 3 amide bonds. The number of nitrogens with one attached hydrogen (secondary N) is 2. The van der Waals surface area contributed by atoms with Gasteiger partial charge in [-0.15, -0.1) is 0 Å². The van der Waals surface area contributed by atoms with E-state index in [9.17, 15) is 14.4 Å². The van der Waals surface area contributed by atoms with Crippen molar-refractivity contribution in [2.45, 2.75) is 19.9 Å². The highest BCUT2D eigenvalue weighted by Crippen LogP contribution is 2.21. The molecule has 0 bridgehead atoms. The molecule has 0 saturated carbocycles. The van der Waals surface area contributed by atoms with Crippen molar-refractivity contribution >= 4 is 40.1 Å². The van der Waals surface area contributed by atoms with E-state index in [2.05, 4.69) is 10.6 Å². The molecule has 34 heavy (non-hydrogen) atoms. The van der Waals surface area contributed by atoms with Gasteiger partial charge in [-0.1, -0.05) is 48.5 Å². The van der Waals surface area contributed by atoms with Crippen molar-refractivity contribution in [3.8, 4) is 0 Å². The molecule has 0 aliphatic rings. The monoisotopic (exact) mass is 455 g/mol. The predicted octanol–water partition coefficient (Wildman–Crippen LogP) is 4.84. The molecular formula is C27H25N3O4. The minimum Gasteiger partial charge on any atom is -0.451 e. The lowest BCUT2D eigenvalue weighted by atomic mass is 10.1. The molecule has 7 nitrogen and oxygen atoms in total. The second-order valence-electron chi connectivity index (χ2n) is 8.06. The smallest absolute Gasteiger partial charge is 0.291 e. The van der Waals surface area contributed by atoms with Crippen molar-refractivity contribution < 1.29 is 18.8 Å². The first-order valence-electron chi connectivity index (χ1n) is 10.9. The van der Waals surface area contributed by atoms with Crippen LogP contribution >= 0.6 is 0 Å². The quantitative estimate of drug-likeness (QED) is 0.417. The Balaban J connectivity index is 1.36. The van der Waals surface area contributed by atoms with Crippen LogP contribution < -0.4 is 10.6 Å². The molecule has 7 heteroatoms. The van der Waals surface area contributed by atoms with Gasteiger partial charge in [0.2, 0.25) is 11.8 Å². The number of anilines is 2. The topological polar surface area (TPSA) is 91.7 Å². The summed E-state index contributed by atoms with van der Waals surface area (Å²) in [5.74, 6) is -0.321. The van der Waals surface area contributed by atoms with Gasteiger partial charge in [0.05, 0.1) is 6.42 Å². The summed E-state index contributed by atoms with van der Waals surface area (Å²) in [6, 6.07) is 23.6. The molecular weight excluding hydrogens is 430 g/mol. The summed E-state index contributed by atoms with van der Waals surface area (Å²) in [4.78, 5) is 38.3. The fourth-order valence-corrected chi connectivity index (χ4v) is 3.52. The summed E-state index contributed by atoms with van der Waals surface area (Å²) in [6.45, 7) is 1.91. The summed E-state index contributed by atoms with van der Waals surface area (Å²) < 4.78 is 5.59. The van der Waals surface area contributed by atoms with Gasteiger partial charge < -0.3 is 20.0 Å². The highest BCUT2D eigenvalue weighted by Gasteiger charge is 2.13. The van der Waals surface area contributed by atoms with Gasteiger partial charge in [-0.3, -0.25) is 14.4 Å². The molecule has 0 fully saturated rings. The molecule has 0 saturated heterocycles. The van der Waals surface area contributed by atoms with Crippen LogP contribution in [-0.2, 0) is 22.6 Å². The van der Waals surface area contributed by atoms with E-state index in [1.165, 1.54) is 6.92 Å². The SMILES string of the molecule is CC(=O)N(C)Cc1ccccc1NC(=O)Cc1ccc(NC(=O)c2cc3ccccc3o2)cc1. The number of rotatable bonds is 7. The standard InChI is InChI=1S/C27H25N3O4/c1-18(31)30(2)17-21-8-3-5-9-23(21)29-26(32)15-19-11-13-22(14-12-19)28-27(33)25-16-20-7-4-6-10-24(20)34-25/h3-14,16H,15,17H2,1-2H3,(H,28,33)(H,29,32). The maximum atomic E-state index is 12.6. The number of carbonyl (C=O) groups is 3. The summed E-state index contributed by atoms with van der Waals surface area (Å²) in [5, 5.41) is 6.60. The van der Waals surface area contributed by atoms with Gasteiger partial charge in [-0.2, -0.15) is 0 Å². The molecule has 1 aromatic heterocycles. The first kappa shape index (κ1) is 22.8. The number of fused-ring (bicyclic) bond motifs is 1. The molecule has 2 N–H and O–H groups in total. The molecule has 4 aromatic rings. The minimum atomic E-state index is -0.339. The Bertz CT molecular complexity index is 1310. The first-order chi connectivity index (χ1) is 16.4. The highest BCUT2D eigenvalue weighted by molar-refractivity contribution is 6.04. The highest BCUT2D eigenvalue weighted by atomic mass is 16.3. The van der Waals surface area contributed by atoms with E-state index in [1.807, 2.05) is 48.5 Å². The largest absolute Gasteiger partial charge is 0.451 e. The predicted molar refractivity (Wildman–Crippen MR) is 132 cm³/mol. The molecule has 3 aromatic carbocycles. The summed E-state index contributed by atoms with van der Waals surface area (Å²) in [6.07, 6.45) is 0.175. The molecule has 0 atom stereocenters. The van der Waals surface area contributed by atoms with Crippen LogP contribution in [0.15, 0.2) is 83.3 Å². The average molecular weight is 456 g/mol. The zero-order valence-corrected chi connectivity index (χ0v) is 19.0. The number of nitrogens with zero attached hydrogens (tertiary/aromatic N) is 1. The van der Waals surface area contributed by atoms with Crippen LogP contribution in [0.3, 0.4) is 0 Å². The summed E-state index contributed by atoms with van der Waals surface area (Å²) in [7, 11) is 1.72. The van der Waals surface area contributed by atoms with Crippen LogP contribution in [0.5, 0.6) is 0 Å². The van der Waals surface area contributed by atoms with Crippen LogP contribution in [0, 0.1) is 0 Å². The van der Waals surface area contributed by atoms with Crippen LogP contribution in [0.4, 0.5) is 11.4 Å². The van der Waals surface area contributed by atoms with Crippen LogP contribution in [0.2, 0.25) is 0 Å². The Labute approximate surface area is 197 Å². The third-order valence-corrected chi connectivity index (χ3v) is 5.46. The maximum absolute atomic E-state index is 12.6. The van der Waals surface area contributed by atoms with Crippen LogP contribution in [0.1, 0.15) is 28.6 Å². The molecule has 0 unspecified atom stereocenters. The first-order valence-corrected chi connectivity index (χ1v) is 10.9.